The molecule has 6 rings (SSSR count). The molecule has 2 aromatic heterocycles. The first-order chi connectivity index (χ1) is 18.6. The number of nitrogen functional groups attached to an aromatic ring is 1. The molecule has 1 amide bonds. The third-order valence-electron chi connectivity index (χ3n) is 7.06. The van der Waals surface area contributed by atoms with Crippen LogP contribution in [-0.4, -0.2) is 43.1 Å². The van der Waals surface area contributed by atoms with Crippen molar-refractivity contribution in [3.05, 3.63) is 72.6 Å². The molecule has 0 unspecified atom stereocenters. The van der Waals surface area contributed by atoms with Crippen LogP contribution in [0.4, 0.5) is 5.82 Å². The molecular weight excluding hydrogens is 478 g/mol. The molecule has 1 saturated heterocycles. The summed E-state index contributed by atoms with van der Waals surface area (Å²) < 4.78 is 7.73. The molecule has 1 aliphatic heterocycles. The molecule has 2 N–H and O–H groups in total. The highest BCUT2D eigenvalue weighted by Gasteiger charge is 2.33. The number of aromatic nitrogens is 4. The molecule has 0 bridgehead atoms. The number of benzene rings is 2. The highest BCUT2D eigenvalue weighted by Crippen LogP contribution is 2.34. The topological polar surface area (TPSA) is 123 Å². The van der Waals surface area contributed by atoms with Crippen LogP contribution in [0.3, 0.4) is 0 Å². The van der Waals surface area contributed by atoms with Crippen LogP contribution in [0, 0.1) is 17.2 Å². The molecule has 3 heterocycles. The predicted molar refractivity (Wildman–Crippen MR) is 143 cm³/mol. The monoisotopic (exact) mass is 505 g/mol. The van der Waals surface area contributed by atoms with Gasteiger partial charge in [0.25, 0.3) is 5.91 Å². The summed E-state index contributed by atoms with van der Waals surface area (Å²) >= 11 is 0. The number of amides is 1. The van der Waals surface area contributed by atoms with Crippen molar-refractivity contribution in [1.29, 1.82) is 5.26 Å². The van der Waals surface area contributed by atoms with Gasteiger partial charge in [0.1, 0.15) is 41.0 Å². The Labute approximate surface area is 220 Å². The van der Waals surface area contributed by atoms with Gasteiger partial charge in [-0.2, -0.15) is 10.4 Å². The molecule has 2 fully saturated rings. The van der Waals surface area contributed by atoms with Gasteiger partial charge in [-0.05, 0) is 68.0 Å². The first-order valence-electron chi connectivity index (χ1n) is 12.8. The quantitative estimate of drug-likeness (QED) is 0.285. The van der Waals surface area contributed by atoms with E-state index in [0.29, 0.717) is 47.3 Å². The molecule has 9 nitrogen and oxygen atoms in total. The Balaban J connectivity index is 1.29. The normalized spacial score (nSPS) is 17.5. The first kappa shape index (κ1) is 23.7. The summed E-state index contributed by atoms with van der Waals surface area (Å²) in [6.07, 6.45) is 7.06. The molecule has 1 aliphatic carbocycles. The van der Waals surface area contributed by atoms with E-state index < -0.39 is 0 Å². The van der Waals surface area contributed by atoms with E-state index >= 15 is 0 Å². The Kier molecular flexibility index (Phi) is 6.22. The highest BCUT2D eigenvalue weighted by molar-refractivity contribution is 5.99. The largest absolute Gasteiger partial charge is 0.457 e. The molecule has 1 atom stereocenters. The van der Waals surface area contributed by atoms with Crippen LogP contribution in [0.1, 0.15) is 25.7 Å². The zero-order valence-electron chi connectivity index (χ0n) is 20.8. The fourth-order valence-electron chi connectivity index (χ4n) is 4.97. The van der Waals surface area contributed by atoms with Gasteiger partial charge < -0.3 is 15.4 Å². The number of hydrogen-bond acceptors (Lipinski definition) is 7. The number of anilines is 1. The van der Waals surface area contributed by atoms with Crippen LogP contribution in [-0.2, 0) is 11.3 Å². The van der Waals surface area contributed by atoms with Gasteiger partial charge in [0.05, 0.1) is 18.0 Å². The molecule has 38 heavy (non-hydrogen) atoms. The maximum Gasteiger partial charge on any atom is 0.264 e. The summed E-state index contributed by atoms with van der Waals surface area (Å²) in [7, 11) is 0. The fraction of sp³-hybridized carbons (Fsp3) is 0.276. The number of ether oxygens (including phenoxy) is 1. The minimum atomic E-state index is -0.193. The van der Waals surface area contributed by atoms with Gasteiger partial charge in [-0.15, -0.1) is 0 Å². The minimum absolute atomic E-state index is 0.0905. The van der Waals surface area contributed by atoms with Crippen LogP contribution in [0.25, 0.3) is 22.3 Å². The van der Waals surface area contributed by atoms with E-state index in [9.17, 15) is 10.1 Å². The standard InChI is InChI=1S/C29H27N7O2/c30-16-21(15-19-8-9-19)29(37)35-14-4-5-22(35)17-36-28-25(27(31)32-18-33-28)26(34-36)20-10-12-24(13-11-20)38-23-6-2-1-3-7-23/h1-3,6-7,10-13,15,18-19,22H,4-5,8-9,14,17H2,(H2,31,32,33)/t22-/m1/s1. The Morgan fingerprint density at radius 3 is 2.58 bits per heavy atom. The van der Waals surface area contributed by atoms with Crippen molar-refractivity contribution in [3.63, 3.8) is 0 Å². The van der Waals surface area contributed by atoms with Crippen LogP contribution >= 0.6 is 0 Å². The van der Waals surface area contributed by atoms with Crippen molar-refractivity contribution in [3.8, 4) is 28.8 Å². The molecule has 190 valence electrons. The Morgan fingerprint density at radius 2 is 1.84 bits per heavy atom. The van der Waals surface area contributed by atoms with E-state index in [4.69, 9.17) is 15.6 Å². The third kappa shape index (κ3) is 4.68. The van der Waals surface area contributed by atoms with E-state index in [1.807, 2.05) is 70.3 Å². The van der Waals surface area contributed by atoms with Gasteiger partial charge in [0.15, 0.2) is 5.65 Å². The van der Waals surface area contributed by atoms with Crippen molar-refractivity contribution < 1.29 is 9.53 Å². The van der Waals surface area contributed by atoms with Crippen LogP contribution in [0.5, 0.6) is 11.5 Å². The Bertz CT molecular complexity index is 1550. The van der Waals surface area contributed by atoms with Crippen molar-refractivity contribution in [2.45, 2.75) is 38.3 Å². The Morgan fingerprint density at radius 1 is 1.08 bits per heavy atom. The maximum absolute atomic E-state index is 13.2. The van der Waals surface area contributed by atoms with Gasteiger partial charge in [0, 0.05) is 12.1 Å². The van der Waals surface area contributed by atoms with Gasteiger partial charge in [-0.3, -0.25) is 4.79 Å². The zero-order chi connectivity index (χ0) is 26.1. The molecule has 1 saturated carbocycles. The number of nitrogens with two attached hydrogens (primary N) is 1. The second kappa shape index (κ2) is 9.98. The number of hydrogen-bond donors (Lipinski definition) is 1. The molecule has 4 aromatic rings. The number of nitrogens with zero attached hydrogens (tertiary/aromatic N) is 6. The van der Waals surface area contributed by atoms with E-state index in [0.717, 1.165) is 37.0 Å². The first-order valence-corrected chi connectivity index (χ1v) is 12.8. The SMILES string of the molecule is N#CC(=CC1CC1)C(=O)N1CCC[C@@H]1Cn1nc(-c2ccc(Oc3ccccc3)cc2)c2c(N)ncnc21. The fourth-order valence-corrected chi connectivity index (χ4v) is 4.97. The number of allylic oxidation sites excluding steroid dienone is 1. The van der Waals surface area contributed by atoms with Crippen molar-refractivity contribution in [2.24, 2.45) is 5.92 Å². The van der Waals surface area contributed by atoms with E-state index in [1.54, 1.807) is 0 Å². The lowest BCUT2D eigenvalue weighted by Gasteiger charge is -2.24. The van der Waals surface area contributed by atoms with Crippen LogP contribution in [0.15, 0.2) is 72.6 Å². The van der Waals surface area contributed by atoms with Crippen molar-refractivity contribution in [2.75, 3.05) is 12.3 Å². The van der Waals surface area contributed by atoms with Crippen molar-refractivity contribution in [1.82, 2.24) is 24.6 Å². The average Bonchev–Trinajstić information content (AvgIpc) is 3.52. The van der Waals surface area contributed by atoms with Gasteiger partial charge in [-0.25, -0.2) is 14.6 Å². The third-order valence-corrected chi connectivity index (χ3v) is 7.06. The summed E-state index contributed by atoms with van der Waals surface area (Å²) in [6, 6.07) is 19.3. The summed E-state index contributed by atoms with van der Waals surface area (Å²) in [5.41, 5.74) is 8.69. The smallest absolute Gasteiger partial charge is 0.264 e. The van der Waals surface area contributed by atoms with E-state index in [1.165, 1.54) is 6.33 Å². The second-order valence-electron chi connectivity index (χ2n) is 9.75. The number of fused-ring (bicyclic) bond motifs is 1. The average molecular weight is 506 g/mol. The van der Waals surface area contributed by atoms with Gasteiger partial charge in [-0.1, -0.05) is 24.3 Å². The zero-order valence-corrected chi connectivity index (χ0v) is 20.8. The van der Waals surface area contributed by atoms with Crippen LogP contribution < -0.4 is 10.5 Å². The number of rotatable bonds is 7. The summed E-state index contributed by atoms with van der Waals surface area (Å²) in [4.78, 5) is 23.7. The lowest BCUT2D eigenvalue weighted by Crippen LogP contribution is -2.39. The summed E-state index contributed by atoms with van der Waals surface area (Å²) in [6.45, 7) is 1.08. The van der Waals surface area contributed by atoms with E-state index in [2.05, 4.69) is 16.0 Å². The van der Waals surface area contributed by atoms with Gasteiger partial charge in [0.2, 0.25) is 0 Å². The van der Waals surface area contributed by atoms with E-state index in [-0.39, 0.29) is 17.5 Å². The minimum Gasteiger partial charge on any atom is -0.457 e. The number of para-hydroxylation sites is 1. The lowest BCUT2D eigenvalue weighted by molar-refractivity contribution is -0.127. The summed E-state index contributed by atoms with van der Waals surface area (Å²) in [5.74, 6) is 1.98. The van der Waals surface area contributed by atoms with Crippen molar-refractivity contribution >= 4 is 22.8 Å². The second-order valence-corrected chi connectivity index (χ2v) is 9.75. The number of carbonyl (C=O) groups excluding carboxylic acids is 1. The molecular formula is C29H27N7O2. The summed E-state index contributed by atoms with van der Waals surface area (Å²) in [5, 5.41) is 15.2. The number of likely N-dealkylation sites (tertiary alicyclic amines) is 1. The Hall–Kier alpha value is -4.71. The number of nitriles is 1. The molecule has 0 radical (unpaired) electrons. The highest BCUT2D eigenvalue weighted by atomic mass is 16.5. The lowest BCUT2D eigenvalue weighted by atomic mass is 10.1. The molecule has 2 aliphatic rings. The molecule has 9 heteroatoms. The van der Waals surface area contributed by atoms with Gasteiger partial charge >= 0.3 is 0 Å². The van der Waals surface area contributed by atoms with Crippen LogP contribution in [0.2, 0.25) is 0 Å². The maximum atomic E-state index is 13.2. The molecule has 2 aromatic carbocycles. The predicted octanol–water partition coefficient (Wildman–Crippen LogP) is 4.72. The molecule has 0 spiro atoms. The number of carbonyl (C=O) groups is 1.